The Bertz CT molecular complexity index is 1240. The van der Waals surface area contributed by atoms with Crippen molar-refractivity contribution < 1.29 is 28.6 Å². The number of benzene rings is 2. The molecule has 0 radical (unpaired) electrons. The summed E-state index contributed by atoms with van der Waals surface area (Å²) >= 11 is 1.42. The molecule has 3 aromatic rings. The molecular weight excluding hydrogens is 466 g/mol. The molecule has 0 fully saturated rings. The standard InChI is InChI=1S/C21H21N5O7S/c1-29-16-6-5-12(7-15(16)26(27)28)14-11-34-21-23-22-19(25(21)24-14)10-33-13-8-17(30-2)20(32-4)18(9-13)31-3/h5-9H,10-11H2,1-4H3. The summed E-state index contributed by atoms with van der Waals surface area (Å²) in [7, 11) is 5.95. The Labute approximate surface area is 198 Å². The molecular formula is C21H21N5O7S. The van der Waals surface area contributed by atoms with Gasteiger partial charge in [-0.25, -0.2) is 0 Å². The van der Waals surface area contributed by atoms with Crippen molar-refractivity contribution in [3.8, 4) is 28.7 Å². The van der Waals surface area contributed by atoms with Crippen molar-refractivity contribution in [3.63, 3.8) is 0 Å². The van der Waals surface area contributed by atoms with E-state index in [-0.39, 0.29) is 18.0 Å². The van der Waals surface area contributed by atoms with Crippen LogP contribution in [0.15, 0.2) is 40.6 Å². The third kappa shape index (κ3) is 4.41. The number of hydrogen-bond donors (Lipinski definition) is 0. The average Bonchev–Trinajstić information content (AvgIpc) is 3.28. The van der Waals surface area contributed by atoms with E-state index in [0.29, 0.717) is 51.0 Å². The predicted octanol–water partition coefficient (Wildman–Crippen LogP) is 3.16. The number of nitro benzene ring substituents is 1. The maximum absolute atomic E-state index is 11.4. The van der Waals surface area contributed by atoms with E-state index in [2.05, 4.69) is 15.3 Å². The fourth-order valence-corrected chi connectivity index (χ4v) is 4.16. The molecule has 2 heterocycles. The van der Waals surface area contributed by atoms with Crippen LogP contribution in [0.3, 0.4) is 0 Å². The molecule has 178 valence electrons. The number of methoxy groups -OCH3 is 4. The van der Waals surface area contributed by atoms with Gasteiger partial charge in [0, 0.05) is 29.5 Å². The largest absolute Gasteiger partial charge is 0.493 e. The van der Waals surface area contributed by atoms with Crippen molar-refractivity contribution in [2.45, 2.75) is 11.8 Å². The van der Waals surface area contributed by atoms with E-state index in [9.17, 15) is 10.1 Å². The molecule has 0 bridgehead atoms. The van der Waals surface area contributed by atoms with E-state index in [1.165, 1.54) is 46.3 Å². The first kappa shape index (κ1) is 23.2. The molecule has 0 unspecified atom stereocenters. The highest BCUT2D eigenvalue weighted by Gasteiger charge is 2.23. The van der Waals surface area contributed by atoms with Gasteiger partial charge < -0.3 is 23.7 Å². The lowest BCUT2D eigenvalue weighted by molar-refractivity contribution is -0.385. The van der Waals surface area contributed by atoms with Crippen LogP contribution < -0.4 is 23.7 Å². The lowest BCUT2D eigenvalue weighted by Gasteiger charge is -2.16. The molecule has 0 spiro atoms. The van der Waals surface area contributed by atoms with Crippen molar-refractivity contribution in [2.24, 2.45) is 5.10 Å². The molecule has 2 aromatic carbocycles. The number of aromatic nitrogens is 3. The van der Waals surface area contributed by atoms with Crippen LogP contribution in [-0.2, 0) is 6.61 Å². The first-order chi connectivity index (χ1) is 16.5. The van der Waals surface area contributed by atoms with Crippen molar-refractivity contribution in [2.75, 3.05) is 34.2 Å². The smallest absolute Gasteiger partial charge is 0.311 e. The summed E-state index contributed by atoms with van der Waals surface area (Å²) in [6.07, 6.45) is 0. The SMILES string of the molecule is COc1ccc(C2=Nn3c(COc4cc(OC)c(OC)c(OC)c4)nnc3SC2)cc1[N+](=O)[O-]. The minimum atomic E-state index is -0.486. The molecule has 34 heavy (non-hydrogen) atoms. The van der Waals surface area contributed by atoms with E-state index in [1.807, 2.05) is 0 Å². The average molecular weight is 487 g/mol. The molecule has 0 aliphatic carbocycles. The maximum Gasteiger partial charge on any atom is 0.311 e. The van der Waals surface area contributed by atoms with Crippen molar-refractivity contribution in [3.05, 3.63) is 51.8 Å². The van der Waals surface area contributed by atoms with Gasteiger partial charge in [0.25, 0.3) is 0 Å². The number of fused-ring (bicyclic) bond motifs is 1. The molecule has 0 N–H and O–H groups in total. The molecule has 12 nitrogen and oxygen atoms in total. The molecule has 4 rings (SSSR count). The predicted molar refractivity (Wildman–Crippen MR) is 123 cm³/mol. The molecule has 0 amide bonds. The number of nitrogens with zero attached hydrogens (tertiary/aromatic N) is 5. The zero-order valence-corrected chi connectivity index (χ0v) is 19.6. The Hall–Kier alpha value is -4.00. The van der Waals surface area contributed by atoms with Crippen LogP contribution in [0.5, 0.6) is 28.7 Å². The second-order valence-electron chi connectivity index (χ2n) is 6.84. The normalized spacial score (nSPS) is 12.4. The van der Waals surface area contributed by atoms with Gasteiger partial charge in [0.15, 0.2) is 23.1 Å². The first-order valence-electron chi connectivity index (χ1n) is 9.89. The van der Waals surface area contributed by atoms with Crippen LogP contribution in [0.2, 0.25) is 0 Å². The molecule has 1 aliphatic heterocycles. The number of thioether (sulfide) groups is 1. The summed E-state index contributed by atoms with van der Waals surface area (Å²) in [5, 5.41) is 24.9. The van der Waals surface area contributed by atoms with Gasteiger partial charge in [-0.15, -0.1) is 10.2 Å². The van der Waals surface area contributed by atoms with E-state index in [1.54, 1.807) is 28.9 Å². The zero-order chi connectivity index (χ0) is 24.2. The van der Waals surface area contributed by atoms with E-state index >= 15 is 0 Å². The summed E-state index contributed by atoms with van der Waals surface area (Å²) < 4.78 is 28.6. The van der Waals surface area contributed by atoms with Crippen LogP contribution >= 0.6 is 11.8 Å². The molecule has 1 aliphatic rings. The van der Waals surface area contributed by atoms with Crippen LogP contribution in [0.25, 0.3) is 0 Å². The topological polar surface area (TPSA) is 132 Å². The maximum atomic E-state index is 11.4. The highest BCUT2D eigenvalue weighted by atomic mass is 32.2. The van der Waals surface area contributed by atoms with Crippen molar-refractivity contribution in [1.82, 2.24) is 14.9 Å². The molecule has 0 atom stereocenters. The molecule has 0 saturated heterocycles. The number of ether oxygens (including phenoxy) is 5. The Kier molecular flexibility index (Phi) is 6.72. The van der Waals surface area contributed by atoms with Crippen LogP contribution in [-0.4, -0.2) is 59.7 Å². The summed E-state index contributed by atoms with van der Waals surface area (Å²) in [5.74, 6) is 2.96. The minimum absolute atomic E-state index is 0.0612. The summed E-state index contributed by atoms with van der Waals surface area (Å²) in [6.45, 7) is 0.0612. The molecule has 1 aromatic heterocycles. The molecule has 0 saturated carbocycles. The Morgan fingerprint density at radius 1 is 1.00 bits per heavy atom. The van der Waals surface area contributed by atoms with Crippen LogP contribution in [0.4, 0.5) is 5.69 Å². The van der Waals surface area contributed by atoms with Crippen LogP contribution in [0.1, 0.15) is 11.4 Å². The lowest BCUT2D eigenvalue weighted by Crippen LogP contribution is -2.15. The third-order valence-corrected chi connectivity index (χ3v) is 5.88. The Morgan fingerprint density at radius 3 is 2.32 bits per heavy atom. The van der Waals surface area contributed by atoms with Gasteiger partial charge in [-0.05, 0) is 12.1 Å². The van der Waals surface area contributed by atoms with E-state index in [0.717, 1.165) is 0 Å². The van der Waals surface area contributed by atoms with Gasteiger partial charge in [-0.2, -0.15) is 9.78 Å². The third-order valence-electron chi connectivity index (χ3n) is 4.95. The fourth-order valence-electron chi connectivity index (χ4n) is 3.30. The zero-order valence-electron chi connectivity index (χ0n) is 18.8. The van der Waals surface area contributed by atoms with Gasteiger partial charge >= 0.3 is 5.69 Å². The fraction of sp³-hybridized carbons (Fsp3) is 0.286. The van der Waals surface area contributed by atoms with Crippen molar-refractivity contribution in [1.29, 1.82) is 0 Å². The highest BCUT2D eigenvalue weighted by molar-refractivity contribution is 7.99. The summed E-state index contributed by atoms with van der Waals surface area (Å²) in [5.41, 5.74) is 1.11. The number of nitro groups is 1. The van der Waals surface area contributed by atoms with Gasteiger partial charge in [-0.3, -0.25) is 10.1 Å². The quantitative estimate of drug-likeness (QED) is 0.327. The van der Waals surface area contributed by atoms with Crippen molar-refractivity contribution >= 4 is 23.2 Å². The van der Waals surface area contributed by atoms with Gasteiger partial charge in [-0.1, -0.05) is 11.8 Å². The van der Waals surface area contributed by atoms with Gasteiger partial charge in [0.2, 0.25) is 10.9 Å². The number of rotatable bonds is 9. The highest BCUT2D eigenvalue weighted by Crippen LogP contribution is 2.41. The second kappa shape index (κ2) is 9.87. The van der Waals surface area contributed by atoms with Crippen LogP contribution in [0, 0.1) is 10.1 Å². The van der Waals surface area contributed by atoms with E-state index < -0.39 is 4.92 Å². The Balaban J connectivity index is 1.60. The Morgan fingerprint density at radius 2 is 1.71 bits per heavy atom. The summed E-state index contributed by atoms with van der Waals surface area (Å²) in [6, 6.07) is 8.08. The monoisotopic (exact) mass is 487 g/mol. The van der Waals surface area contributed by atoms with Gasteiger partial charge in [0.1, 0.15) is 12.4 Å². The molecule has 13 heteroatoms. The lowest BCUT2D eigenvalue weighted by atomic mass is 10.1. The van der Waals surface area contributed by atoms with Gasteiger partial charge in [0.05, 0.1) is 39.1 Å². The van der Waals surface area contributed by atoms with E-state index in [4.69, 9.17) is 23.7 Å². The number of hydrogen-bond acceptors (Lipinski definition) is 11. The minimum Gasteiger partial charge on any atom is -0.493 e. The summed E-state index contributed by atoms with van der Waals surface area (Å²) in [4.78, 5) is 10.9. The second-order valence-corrected chi connectivity index (χ2v) is 7.78. The first-order valence-corrected chi connectivity index (χ1v) is 10.9.